The summed E-state index contributed by atoms with van der Waals surface area (Å²) >= 11 is 0. The average molecular weight is 812 g/mol. The number of imidazole rings is 1. The van der Waals surface area contributed by atoms with Gasteiger partial charge in [0.05, 0.1) is 69.3 Å². The van der Waals surface area contributed by atoms with Crippen molar-refractivity contribution < 1.29 is 42.9 Å². The van der Waals surface area contributed by atoms with Crippen molar-refractivity contribution in [3.8, 4) is 33.6 Å². The Bertz CT molecular complexity index is 2130. The third-order valence-corrected chi connectivity index (χ3v) is 11.9. The number of rotatable bonds is 13. The van der Waals surface area contributed by atoms with Crippen molar-refractivity contribution in [1.29, 1.82) is 0 Å². The standard InChI is InChI=1S/C43H53N7O9/c1-24(55-3)35(47-42(53)57-5)40(51)49-19-7-9-33(49)38-31-23-59-22-30(31)37(46-38)29-17-13-27(14-18-29)26-11-15-28(16-12-26)32-21-44-39(45-32)34-10-8-20-50(34)41(52)36(25(2)56-4)48-43(54)58-6/h11-18,21,24-25,33-36,46H,7-10,19-20,22-23H2,1-6H3,(H,44,45)(H,47,53)(H,48,54)/t24-,25-,33-,34+,35+,36+/m1/s1. The van der Waals surface area contributed by atoms with Gasteiger partial charge in [-0.25, -0.2) is 14.6 Å². The van der Waals surface area contributed by atoms with Crippen LogP contribution >= 0.6 is 0 Å². The number of nitrogens with one attached hydrogen (secondary N) is 4. The van der Waals surface area contributed by atoms with E-state index < -0.39 is 36.5 Å². The molecule has 0 spiro atoms. The molecule has 4 aromatic rings. The second kappa shape index (κ2) is 18.1. The summed E-state index contributed by atoms with van der Waals surface area (Å²) in [6, 6.07) is 14.4. The van der Waals surface area contributed by atoms with Crippen LogP contribution in [0.3, 0.4) is 0 Å². The maximum atomic E-state index is 13.9. The van der Waals surface area contributed by atoms with Crippen LogP contribution in [-0.2, 0) is 46.5 Å². The van der Waals surface area contributed by atoms with Crippen LogP contribution in [0.15, 0.2) is 54.7 Å². The Morgan fingerprint density at radius 2 is 1.19 bits per heavy atom. The van der Waals surface area contributed by atoms with E-state index in [4.69, 9.17) is 23.7 Å². The average Bonchev–Trinajstić information content (AvgIpc) is 4.12. The highest BCUT2D eigenvalue weighted by Crippen LogP contribution is 2.42. The molecule has 0 aliphatic carbocycles. The van der Waals surface area contributed by atoms with E-state index in [1.807, 2.05) is 17.0 Å². The molecule has 0 radical (unpaired) electrons. The van der Waals surface area contributed by atoms with Crippen molar-refractivity contribution in [1.82, 2.24) is 35.4 Å². The lowest BCUT2D eigenvalue weighted by Crippen LogP contribution is -2.54. The number of likely N-dealkylation sites (tertiary alicyclic amines) is 2. The van der Waals surface area contributed by atoms with E-state index in [1.165, 1.54) is 28.4 Å². The van der Waals surface area contributed by atoms with Crippen LogP contribution in [0.4, 0.5) is 9.59 Å². The molecule has 7 rings (SSSR count). The number of alkyl carbamates (subject to hydrolysis) is 2. The van der Waals surface area contributed by atoms with Crippen molar-refractivity contribution in [2.24, 2.45) is 0 Å². The molecule has 4 amide bonds. The topological polar surface area (TPSA) is 189 Å². The highest BCUT2D eigenvalue weighted by atomic mass is 16.5. The molecule has 3 aliphatic rings. The van der Waals surface area contributed by atoms with E-state index in [1.54, 1.807) is 24.9 Å². The van der Waals surface area contributed by atoms with Crippen LogP contribution in [-0.4, -0.2) is 115 Å². The number of hydrogen-bond donors (Lipinski definition) is 4. The molecular weight excluding hydrogens is 759 g/mol. The highest BCUT2D eigenvalue weighted by Gasteiger charge is 2.41. The minimum Gasteiger partial charge on any atom is -0.453 e. The number of fused-ring (bicyclic) bond motifs is 1. The Kier molecular flexibility index (Phi) is 12.7. The first-order valence-corrected chi connectivity index (χ1v) is 20.0. The van der Waals surface area contributed by atoms with Gasteiger partial charge in [0, 0.05) is 44.1 Å². The normalized spacial score (nSPS) is 19.5. The molecule has 0 unspecified atom stereocenters. The predicted octanol–water partition coefficient (Wildman–Crippen LogP) is 5.62. The minimum atomic E-state index is -0.901. The Balaban J connectivity index is 1.05. The number of H-pyrrole nitrogens is 2. The van der Waals surface area contributed by atoms with Crippen LogP contribution in [0.5, 0.6) is 0 Å². The fourth-order valence-electron chi connectivity index (χ4n) is 8.44. The van der Waals surface area contributed by atoms with Gasteiger partial charge in [0.2, 0.25) is 11.8 Å². The summed E-state index contributed by atoms with van der Waals surface area (Å²) in [7, 11) is 5.54. The number of methoxy groups -OCH3 is 4. The Morgan fingerprint density at radius 3 is 1.73 bits per heavy atom. The summed E-state index contributed by atoms with van der Waals surface area (Å²) in [6.07, 6.45) is 2.44. The number of carbonyl (C=O) groups is 4. The van der Waals surface area contributed by atoms with Crippen LogP contribution in [0.25, 0.3) is 33.6 Å². The molecule has 0 bridgehead atoms. The van der Waals surface area contributed by atoms with Gasteiger partial charge in [-0.05, 0) is 61.8 Å². The molecule has 314 valence electrons. The second-order valence-electron chi connectivity index (χ2n) is 15.2. The maximum Gasteiger partial charge on any atom is 0.407 e. The molecule has 16 heteroatoms. The van der Waals surface area contributed by atoms with Gasteiger partial charge in [0.15, 0.2) is 0 Å². The Hall–Kier alpha value is -5.71. The summed E-state index contributed by atoms with van der Waals surface area (Å²) in [5, 5.41) is 5.29. The Labute approximate surface area is 343 Å². The number of nitrogens with zero attached hydrogens (tertiary/aromatic N) is 3. The van der Waals surface area contributed by atoms with Crippen molar-refractivity contribution >= 4 is 24.0 Å². The van der Waals surface area contributed by atoms with E-state index in [9.17, 15) is 19.2 Å². The van der Waals surface area contributed by atoms with Crippen molar-refractivity contribution in [2.45, 2.75) is 89.1 Å². The number of amides is 4. The van der Waals surface area contributed by atoms with E-state index >= 15 is 0 Å². The molecule has 16 nitrogen and oxygen atoms in total. The van der Waals surface area contributed by atoms with Crippen LogP contribution in [0.2, 0.25) is 0 Å². The summed E-state index contributed by atoms with van der Waals surface area (Å²) < 4.78 is 26.4. The molecule has 5 heterocycles. The van der Waals surface area contributed by atoms with E-state index in [-0.39, 0.29) is 23.9 Å². The largest absolute Gasteiger partial charge is 0.453 e. The third kappa shape index (κ3) is 8.42. The molecule has 0 saturated carbocycles. The Morgan fingerprint density at radius 1 is 0.695 bits per heavy atom. The lowest BCUT2D eigenvalue weighted by Gasteiger charge is -2.31. The monoisotopic (exact) mass is 811 g/mol. The van der Waals surface area contributed by atoms with Gasteiger partial charge in [0.25, 0.3) is 0 Å². The van der Waals surface area contributed by atoms with Gasteiger partial charge < -0.3 is 54.1 Å². The summed E-state index contributed by atoms with van der Waals surface area (Å²) in [5.74, 6) is 0.216. The maximum absolute atomic E-state index is 13.9. The van der Waals surface area contributed by atoms with Gasteiger partial charge in [-0.1, -0.05) is 48.5 Å². The van der Waals surface area contributed by atoms with Gasteiger partial charge in [0.1, 0.15) is 17.9 Å². The first-order chi connectivity index (χ1) is 28.6. The summed E-state index contributed by atoms with van der Waals surface area (Å²) in [5.41, 5.74) is 9.02. The van der Waals surface area contributed by atoms with Crippen molar-refractivity contribution in [3.63, 3.8) is 0 Å². The fourth-order valence-corrected chi connectivity index (χ4v) is 8.44. The first-order valence-electron chi connectivity index (χ1n) is 20.0. The zero-order valence-electron chi connectivity index (χ0n) is 34.3. The van der Waals surface area contributed by atoms with E-state index in [0.717, 1.165) is 76.1 Å². The van der Waals surface area contributed by atoms with Gasteiger partial charge in [-0.15, -0.1) is 0 Å². The number of benzene rings is 2. The molecule has 2 fully saturated rings. The molecule has 3 aliphatic heterocycles. The fraction of sp³-hybridized carbons (Fsp3) is 0.465. The smallest absolute Gasteiger partial charge is 0.407 e. The lowest BCUT2D eigenvalue weighted by molar-refractivity contribution is -0.138. The molecule has 4 N–H and O–H groups in total. The molecule has 59 heavy (non-hydrogen) atoms. The van der Waals surface area contributed by atoms with Crippen LogP contribution in [0, 0.1) is 0 Å². The van der Waals surface area contributed by atoms with E-state index in [2.05, 4.69) is 62.0 Å². The number of carbonyl (C=O) groups excluding carboxylic acids is 4. The van der Waals surface area contributed by atoms with Crippen molar-refractivity contribution in [3.05, 3.63) is 77.4 Å². The molecule has 6 atom stereocenters. The first kappa shape index (κ1) is 41.4. The third-order valence-electron chi connectivity index (χ3n) is 11.9. The van der Waals surface area contributed by atoms with Crippen LogP contribution in [0.1, 0.15) is 74.3 Å². The summed E-state index contributed by atoms with van der Waals surface area (Å²) in [4.78, 5) is 67.1. The number of aromatic amines is 2. The van der Waals surface area contributed by atoms with Crippen LogP contribution < -0.4 is 10.6 Å². The minimum absolute atomic E-state index is 0.201. The SMILES string of the molecule is COC(=O)N[C@H](C(=O)N1CCC[C@@H]1c1[nH]c(-c2ccc(-c3ccc(-c4cnc([C@@H]5CCCN5C(=O)[C@@H](NC(=O)OC)[C@@H](C)OC)[nH]4)cc3)cc2)c2c1COC2)[C@@H](C)OC. The lowest BCUT2D eigenvalue weighted by atomic mass is 9.99. The zero-order chi connectivity index (χ0) is 41.8. The van der Waals surface area contributed by atoms with Gasteiger partial charge >= 0.3 is 12.2 Å². The number of hydrogen-bond acceptors (Lipinski definition) is 10. The van der Waals surface area contributed by atoms with Gasteiger partial charge in [-0.2, -0.15) is 0 Å². The predicted molar refractivity (Wildman–Crippen MR) is 217 cm³/mol. The number of ether oxygens (including phenoxy) is 5. The molecule has 2 saturated heterocycles. The highest BCUT2D eigenvalue weighted by molar-refractivity contribution is 5.88. The van der Waals surface area contributed by atoms with Crippen molar-refractivity contribution in [2.75, 3.05) is 41.5 Å². The number of aromatic nitrogens is 3. The molecule has 2 aromatic heterocycles. The molecular formula is C43H53N7O9. The quantitative estimate of drug-likeness (QED) is 0.132. The molecule has 2 aromatic carbocycles. The van der Waals surface area contributed by atoms with E-state index in [0.29, 0.717) is 32.1 Å². The zero-order valence-corrected chi connectivity index (χ0v) is 34.3. The summed E-state index contributed by atoms with van der Waals surface area (Å²) in [6.45, 7) is 5.52. The van der Waals surface area contributed by atoms with Gasteiger partial charge in [-0.3, -0.25) is 9.59 Å². The second-order valence-corrected chi connectivity index (χ2v) is 15.2.